The standard InChI is InChI=1S/C6H13.C4H9.Mg/c1-3-5-6-4-2;1-3-4-2;/h5H,3-4,6H2,1-2H3;1,3-4H2,2H3;/q2*-1;+2. The molecule has 0 aliphatic heterocycles. The molecule has 0 aromatic heterocycles. The predicted octanol–water partition coefficient (Wildman–Crippen LogP) is 3.64. The third-order valence-electron chi connectivity index (χ3n) is 1.14. The molecule has 0 spiro atoms. The van der Waals surface area contributed by atoms with Gasteiger partial charge in [-0.25, -0.2) is 0 Å². The van der Waals surface area contributed by atoms with E-state index in [9.17, 15) is 0 Å². The Morgan fingerprint density at radius 1 is 1.09 bits per heavy atom. The fraction of sp³-hybridized carbons (Fsp3) is 0.800. The van der Waals surface area contributed by atoms with Gasteiger partial charge in [0.1, 0.15) is 0 Å². The maximum absolute atomic E-state index is 3.60. The first-order valence-electron chi connectivity index (χ1n) is 4.44. The minimum absolute atomic E-state index is 0. The molecule has 11 heavy (non-hydrogen) atoms. The van der Waals surface area contributed by atoms with Gasteiger partial charge < -0.3 is 13.3 Å². The Labute approximate surface area is 89.3 Å². The number of unbranched alkanes of at least 4 members (excludes halogenated alkanes) is 4. The molecule has 0 saturated heterocycles. The summed E-state index contributed by atoms with van der Waals surface area (Å²) in [5.41, 5.74) is 0. The second-order valence-corrected chi connectivity index (χ2v) is 2.34. The SMILES string of the molecule is CC[CH-]CCC.[CH2-]CCC.[Mg+2]. The van der Waals surface area contributed by atoms with Crippen molar-refractivity contribution in [1.29, 1.82) is 0 Å². The van der Waals surface area contributed by atoms with Crippen LogP contribution in [-0.2, 0) is 0 Å². The van der Waals surface area contributed by atoms with Crippen molar-refractivity contribution in [2.45, 2.75) is 52.9 Å². The van der Waals surface area contributed by atoms with Crippen LogP contribution in [0.1, 0.15) is 52.9 Å². The van der Waals surface area contributed by atoms with E-state index in [-0.39, 0.29) is 23.1 Å². The zero-order chi connectivity index (χ0) is 8.24. The van der Waals surface area contributed by atoms with Crippen molar-refractivity contribution >= 4 is 23.1 Å². The van der Waals surface area contributed by atoms with E-state index in [1.165, 1.54) is 25.7 Å². The summed E-state index contributed by atoms with van der Waals surface area (Å²) in [6.45, 7) is 10.1. The summed E-state index contributed by atoms with van der Waals surface area (Å²) in [6.07, 6.45) is 8.40. The van der Waals surface area contributed by atoms with Crippen molar-refractivity contribution in [3.8, 4) is 0 Å². The first-order valence-corrected chi connectivity index (χ1v) is 4.44. The molecule has 0 atom stereocenters. The second kappa shape index (κ2) is 22.4. The van der Waals surface area contributed by atoms with Crippen LogP contribution in [0.5, 0.6) is 0 Å². The molecule has 0 aliphatic rings. The van der Waals surface area contributed by atoms with Gasteiger partial charge in [-0.2, -0.15) is 19.3 Å². The van der Waals surface area contributed by atoms with E-state index >= 15 is 0 Å². The summed E-state index contributed by atoms with van der Waals surface area (Å²) in [4.78, 5) is 0. The molecule has 0 rings (SSSR count). The molecule has 0 heterocycles. The molecule has 0 saturated carbocycles. The Hall–Kier alpha value is 0.766. The van der Waals surface area contributed by atoms with Crippen molar-refractivity contribution < 1.29 is 0 Å². The van der Waals surface area contributed by atoms with Crippen molar-refractivity contribution in [3.05, 3.63) is 13.3 Å². The Kier molecular flexibility index (Phi) is 36.2. The van der Waals surface area contributed by atoms with Crippen LogP contribution < -0.4 is 0 Å². The van der Waals surface area contributed by atoms with Crippen LogP contribution in [0.25, 0.3) is 0 Å². The van der Waals surface area contributed by atoms with Crippen LogP contribution in [-0.4, -0.2) is 23.1 Å². The van der Waals surface area contributed by atoms with Gasteiger partial charge in [-0.1, -0.05) is 33.6 Å². The van der Waals surface area contributed by atoms with E-state index in [2.05, 4.69) is 34.1 Å². The largest absolute Gasteiger partial charge is 2.00 e. The summed E-state index contributed by atoms with van der Waals surface area (Å²) in [6, 6.07) is 0. The molecule has 0 aromatic carbocycles. The Bertz CT molecular complexity index is 29.9. The normalized spacial score (nSPS) is 7.64. The van der Waals surface area contributed by atoms with Gasteiger partial charge in [0.05, 0.1) is 0 Å². The quantitative estimate of drug-likeness (QED) is 0.340. The molecule has 0 fully saturated rings. The smallest absolute Gasteiger partial charge is 0.343 e. The molecule has 0 N–H and O–H groups in total. The molecule has 0 radical (unpaired) electrons. The predicted molar refractivity (Wildman–Crippen MR) is 55.5 cm³/mol. The van der Waals surface area contributed by atoms with Gasteiger partial charge >= 0.3 is 23.1 Å². The third kappa shape index (κ3) is 36.4. The Morgan fingerprint density at radius 2 is 1.55 bits per heavy atom. The third-order valence-corrected chi connectivity index (χ3v) is 1.14. The molecule has 64 valence electrons. The van der Waals surface area contributed by atoms with E-state index in [1.54, 1.807) is 0 Å². The number of hydrogen-bond acceptors (Lipinski definition) is 0. The van der Waals surface area contributed by atoms with Crippen molar-refractivity contribution in [2.75, 3.05) is 0 Å². The minimum atomic E-state index is 0. The average molecular weight is 167 g/mol. The van der Waals surface area contributed by atoms with Gasteiger partial charge in [0.25, 0.3) is 0 Å². The van der Waals surface area contributed by atoms with Gasteiger partial charge in [-0.3, -0.25) is 0 Å². The molecule has 0 aromatic rings. The van der Waals surface area contributed by atoms with Crippen LogP contribution >= 0.6 is 0 Å². The van der Waals surface area contributed by atoms with Crippen LogP contribution in [0.3, 0.4) is 0 Å². The summed E-state index contributed by atoms with van der Waals surface area (Å²) in [5.74, 6) is 0. The minimum Gasteiger partial charge on any atom is -0.343 e. The zero-order valence-electron chi connectivity index (χ0n) is 8.53. The summed E-state index contributed by atoms with van der Waals surface area (Å²) in [7, 11) is 0. The first-order chi connectivity index (χ1) is 4.83. The van der Waals surface area contributed by atoms with E-state index in [4.69, 9.17) is 0 Å². The summed E-state index contributed by atoms with van der Waals surface area (Å²) in [5, 5.41) is 0. The van der Waals surface area contributed by atoms with Gasteiger partial charge in [-0.05, 0) is 0 Å². The van der Waals surface area contributed by atoms with E-state index in [0.717, 1.165) is 6.42 Å². The molecule has 0 bridgehead atoms. The van der Waals surface area contributed by atoms with E-state index in [1.807, 2.05) is 0 Å². The molecule has 1 heteroatoms. The van der Waals surface area contributed by atoms with Crippen LogP contribution in [0.4, 0.5) is 0 Å². The van der Waals surface area contributed by atoms with Crippen molar-refractivity contribution in [2.24, 2.45) is 0 Å². The average Bonchev–Trinajstić information content (AvgIpc) is 2.01. The molecule has 0 amide bonds. The second-order valence-electron chi connectivity index (χ2n) is 2.34. The molecule has 0 aliphatic carbocycles. The molecular weight excluding hydrogens is 144 g/mol. The van der Waals surface area contributed by atoms with Crippen LogP contribution in [0.15, 0.2) is 0 Å². The topological polar surface area (TPSA) is 0 Å². The fourth-order valence-corrected chi connectivity index (χ4v) is 0.408. The maximum Gasteiger partial charge on any atom is 2.00 e. The zero-order valence-corrected chi connectivity index (χ0v) is 9.94. The van der Waals surface area contributed by atoms with Crippen molar-refractivity contribution in [3.63, 3.8) is 0 Å². The Morgan fingerprint density at radius 3 is 1.64 bits per heavy atom. The monoisotopic (exact) mass is 166 g/mol. The summed E-state index contributed by atoms with van der Waals surface area (Å²) < 4.78 is 0. The van der Waals surface area contributed by atoms with Gasteiger partial charge in [0.2, 0.25) is 0 Å². The maximum atomic E-state index is 3.60. The molecular formula is C10H22Mg. The van der Waals surface area contributed by atoms with E-state index in [0.29, 0.717) is 0 Å². The van der Waals surface area contributed by atoms with Gasteiger partial charge in [-0.15, -0.1) is 0 Å². The molecule has 0 unspecified atom stereocenters. The van der Waals surface area contributed by atoms with Gasteiger partial charge in [0, 0.05) is 0 Å². The first kappa shape index (κ1) is 17.7. The van der Waals surface area contributed by atoms with Crippen molar-refractivity contribution in [1.82, 2.24) is 0 Å². The summed E-state index contributed by atoms with van der Waals surface area (Å²) >= 11 is 0. The van der Waals surface area contributed by atoms with E-state index < -0.39 is 0 Å². The Balaban J connectivity index is -0.000000114. The fourth-order valence-electron chi connectivity index (χ4n) is 0.408. The number of rotatable bonds is 4. The van der Waals surface area contributed by atoms with Crippen LogP contribution in [0, 0.1) is 13.3 Å². The van der Waals surface area contributed by atoms with Crippen LogP contribution in [0.2, 0.25) is 0 Å². The molecule has 0 nitrogen and oxygen atoms in total. The van der Waals surface area contributed by atoms with Gasteiger partial charge in [0.15, 0.2) is 0 Å². The number of hydrogen-bond donors (Lipinski definition) is 0.